The van der Waals surface area contributed by atoms with Crippen LogP contribution >= 0.6 is 0 Å². The van der Waals surface area contributed by atoms with E-state index in [1.807, 2.05) is 32.0 Å². The zero-order valence-electron chi connectivity index (χ0n) is 13.4. The van der Waals surface area contributed by atoms with E-state index in [1.54, 1.807) is 24.4 Å². The molecule has 23 heavy (non-hydrogen) atoms. The monoisotopic (exact) mass is 313 g/mol. The standard InChI is InChI=1S/C18H19NO4/c1-12-4-5-13(2)15(8-12)19-10-14-6-7-16(17(9-14)22-3)23-11-18(20)21/h4-10H,11H2,1-3H3,(H,20,21). The predicted octanol–water partition coefficient (Wildman–Crippen LogP) is 3.53. The topological polar surface area (TPSA) is 68.1 Å². The Morgan fingerprint density at radius 3 is 2.65 bits per heavy atom. The average Bonchev–Trinajstić information content (AvgIpc) is 2.54. The minimum atomic E-state index is -1.03. The van der Waals surface area contributed by atoms with Crippen molar-refractivity contribution >= 4 is 17.9 Å². The molecule has 0 saturated carbocycles. The van der Waals surface area contributed by atoms with Gasteiger partial charge in [-0.1, -0.05) is 12.1 Å². The Morgan fingerprint density at radius 2 is 1.96 bits per heavy atom. The summed E-state index contributed by atoms with van der Waals surface area (Å²) in [6, 6.07) is 11.3. The average molecular weight is 313 g/mol. The first-order valence-corrected chi connectivity index (χ1v) is 7.13. The molecule has 0 fully saturated rings. The number of aryl methyl sites for hydroxylation is 2. The molecule has 0 amide bonds. The van der Waals surface area contributed by atoms with E-state index in [-0.39, 0.29) is 0 Å². The molecule has 0 heterocycles. The first-order chi connectivity index (χ1) is 11.0. The summed E-state index contributed by atoms with van der Waals surface area (Å²) in [6.07, 6.45) is 1.74. The van der Waals surface area contributed by atoms with Crippen LogP contribution in [0.25, 0.3) is 0 Å². The lowest BCUT2D eigenvalue weighted by atomic mass is 10.1. The zero-order valence-corrected chi connectivity index (χ0v) is 13.4. The fourth-order valence-electron chi connectivity index (χ4n) is 2.03. The van der Waals surface area contributed by atoms with Gasteiger partial charge in [0, 0.05) is 6.21 Å². The third-order valence-corrected chi connectivity index (χ3v) is 3.26. The Hall–Kier alpha value is -2.82. The number of hydrogen-bond acceptors (Lipinski definition) is 4. The van der Waals surface area contributed by atoms with Crippen molar-refractivity contribution in [2.24, 2.45) is 4.99 Å². The van der Waals surface area contributed by atoms with Gasteiger partial charge in [-0.05, 0) is 54.8 Å². The number of rotatable bonds is 6. The molecule has 0 saturated heterocycles. The molecule has 0 radical (unpaired) electrons. The maximum Gasteiger partial charge on any atom is 0.341 e. The van der Waals surface area contributed by atoms with E-state index in [1.165, 1.54) is 7.11 Å². The first kappa shape index (κ1) is 16.5. The molecule has 0 aliphatic heterocycles. The van der Waals surface area contributed by atoms with Crippen molar-refractivity contribution in [3.05, 3.63) is 53.1 Å². The lowest BCUT2D eigenvalue weighted by molar-refractivity contribution is -0.139. The fourth-order valence-corrected chi connectivity index (χ4v) is 2.03. The Kier molecular flexibility index (Phi) is 5.36. The van der Waals surface area contributed by atoms with E-state index in [4.69, 9.17) is 14.6 Å². The molecule has 2 rings (SSSR count). The zero-order chi connectivity index (χ0) is 16.8. The molecule has 1 N–H and O–H groups in total. The van der Waals surface area contributed by atoms with E-state index in [0.717, 1.165) is 22.4 Å². The quantitative estimate of drug-likeness (QED) is 0.828. The molecule has 5 heteroatoms. The van der Waals surface area contributed by atoms with Crippen LogP contribution in [0.15, 0.2) is 41.4 Å². The molecule has 2 aromatic rings. The highest BCUT2D eigenvalue weighted by molar-refractivity contribution is 5.83. The second kappa shape index (κ2) is 7.45. The Labute approximate surface area is 135 Å². The van der Waals surface area contributed by atoms with E-state index >= 15 is 0 Å². The first-order valence-electron chi connectivity index (χ1n) is 7.13. The third-order valence-electron chi connectivity index (χ3n) is 3.26. The Morgan fingerprint density at radius 1 is 1.17 bits per heavy atom. The molecule has 0 atom stereocenters. The van der Waals surface area contributed by atoms with Gasteiger partial charge in [0.25, 0.3) is 0 Å². The van der Waals surface area contributed by atoms with Crippen molar-refractivity contribution in [3.63, 3.8) is 0 Å². The van der Waals surface area contributed by atoms with Crippen LogP contribution < -0.4 is 9.47 Å². The summed E-state index contributed by atoms with van der Waals surface area (Å²) in [7, 11) is 1.51. The predicted molar refractivity (Wildman–Crippen MR) is 89.3 cm³/mol. The fraction of sp³-hybridized carbons (Fsp3) is 0.222. The lowest BCUT2D eigenvalue weighted by Crippen LogP contribution is -2.10. The van der Waals surface area contributed by atoms with E-state index in [2.05, 4.69) is 4.99 Å². The van der Waals surface area contributed by atoms with Gasteiger partial charge in [0.15, 0.2) is 18.1 Å². The number of carboxylic acid groups (broad SMARTS) is 1. The second-order valence-electron chi connectivity index (χ2n) is 5.14. The summed E-state index contributed by atoms with van der Waals surface area (Å²) in [5.41, 5.74) is 4.00. The highest BCUT2D eigenvalue weighted by Gasteiger charge is 2.07. The van der Waals surface area contributed by atoms with E-state index in [0.29, 0.717) is 11.5 Å². The van der Waals surface area contributed by atoms with Crippen LogP contribution in [0.3, 0.4) is 0 Å². The maximum atomic E-state index is 10.6. The van der Waals surface area contributed by atoms with Crippen molar-refractivity contribution in [2.45, 2.75) is 13.8 Å². The molecule has 120 valence electrons. The number of carbonyl (C=O) groups is 1. The lowest BCUT2D eigenvalue weighted by Gasteiger charge is -2.09. The van der Waals surface area contributed by atoms with E-state index in [9.17, 15) is 4.79 Å². The Balaban J connectivity index is 2.21. The van der Waals surface area contributed by atoms with Crippen LogP contribution in [-0.2, 0) is 4.79 Å². The molecule has 0 spiro atoms. The summed E-state index contributed by atoms with van der Waals surface area (Å²) in [6.45, 7) is 3.62. The van der Waals surface area contributed by atoms with Gasteiger partial charge in [0.1, 0.15) is 0 Å². The number of aliphatic imine (C=N–C) groups is 1. The van der Waals surface area contributed by atoms with Gasteiger partial charge in [-0.15, -0.1) is 0 Å². The van der Waals surface area contributed by atoms with Crippen molar-refractivity contribution < 1.29 is 19.4 Å². The number of methoxy groups -OCH3 is 1. The number of carboxylic acids is 1. The second-order valence-corrected chi connectivity index (χ2v) is 5.14. The van der Waals surface area contributed by atoms with Gasteiger partial charge in [-0.2, -0.15) is 0 Å². The Bertz CT molecular complexity index is 738. The third kappa shape index (κ3) is 4.57. The smallest absolute Gasteiger partial charge is 0.341 e. The van der Waals surface area contributed by atoms with Crippen LogP contribution in [0.4, 0.5) is 5.69 Å². The highest BCUT2D eigenvalue weighted by atomic mass is 16.5. The molecule has 0 aliphatic rings. The normalized spacial score (nSPS) is 10.7. The summed E-state index contributed by atoms with van der Waals surface area (Å²) >= 11 is 0. The van der Waals surface area contributed by atoms with Crippen molar-refractivity contribution in [3.8, 4) is 11.5 Å². The van der Waals surface area contributed by atoms with Crippen molar-refractivity contribution in [2.75, 3.05) is 13.7 Å². The number of nitrogens with zero attached hydrogens (tertiary/aromatic N) is 1. The minimum absolute atomic E-state index is 0.388. The number of ether oxygens (including phenoxy) is 2. The SMILES string of the molecule is COc1cc(C=Nc2cc(C)ccc2C)ccc1OCC(=O)O. The maximum absolute atomic E-state index is 10.6. The van der Waals surface area contributed by atoms with E-state index < -0.39 is 12.6 Å². The van der Waals surface area contributed by atoms with Gasteiger partial charge in [0.05, 0.1) is 12.8 Å². The van der Waals surface area contributed by atoms with Crippen molar-refractivity contribution in [1.29, 1.82) is 0 Å². The van der Waals surface area contributed by atoms with Crippen LogP contribution in [0.1, 0.15) is 16.7 Å². The summed E-state index contributed by atoms with van der Waals surface area (Å²) < 4.78 is 10.4. The van der Waals surface area contributed by atoms with Crippen LogP contribution in [0.5, 0.6) is 11.5 Å². The van der Waals surface area contributed by atoms with Crippen LogP contribution in [0, 0.1) is 13.8 Å². The molecule has 2 aromatic carbocycles. The number of hydrogen-bond donors (Lipinski definition) is 1. The molecular weight excluding hydrogens is 294 g/mol. The van der Waals surface area contributed by atoms with Crippen LogP contribution in [0.2, 0.25) is 0 Å². The van der Waals surface area contributed by atoms with Crippen molar-refractivity contribution in [1.82, 2.24) is 0 Å². The minimum Gasteiger partial charge on any atom is -0.493 e. The number of benzene rings is 2. The van der Waals surface area contributed by atoms with Crippen LogP contribution in [-0.4, -0.2) is 31.0 Å². The molecule has 0 unspecified atom stereocenters. The molecule has 5 nitrogen and oxygen atoms in total. The molecule has 0 aromatic heterocycles. The van der Waals surface area contributed by atoms with Gasteiger partial charge < -0.3 is 14.6 Å². The van der Waals surface area contributed by atoms with Gasteiger partial charge in [-0.3, -0.25) is 4.99 Å². The number of aliphatic carboxylic acids is 1. The molecule has 0 bridgehead atoms. The van der Waals surface area contributed by atoms with Gasteiger partial charge in [0.2, 0.25) is 0 Å². The summed E-state index contributed by atoms with van der Waals surface area (Å²) in [5, 5.41) is 8.66. The highest BCUT2D eigenvalue weighted by Crippen LogP contribution is 2.28. The molecule has 0 aliphatic carbocycles. The largest absolute Gasteiger partial charge is 0.493 e. The van der Waals surface area contributed by atoms with Gasteiger partial charge >= 0.3 is 5.97 Å². The summed E-state index contributed by atoms with van der Waals surface area (Å²) in [4.78, 5) is 15.1. The van der Waals surface area contributed by atoms with Gasteiger partial charge in [-0.25, -0.2) is 4.79 Å². The molecular formula is C18H19NO4. The summed E-state index contributed by atoms with van der Waals surface area (Å²) in [5.74, 6) is -0.178.